The molecule has 0 bridgehead atoms. The summed E-state index contributed by atoms with van der Waals surface area (Å²) in [5.74, 6) is 0.346. The van der Waals surface area contributed by atoms with Crippen LogP contribution < -0.4 is 10.1 Å². The first-order valence-electron chi connectivity index (χ1n) is 13.3. The van der Waals surface area contributed by atoms with Crippen LogP contribution in [0.4, 0.5) is 9.80 Å². The lowest BCUT2D eigenvalue weighted by Crippen LogP contribution is -2.24. The van der Waals surface area contributed by atoms with E-state index < -0.39 is 17.7 Å². The number of anilines is 1. The van der Waals surface area contributed by atoms with E-state index in [1.807, 2.05) is 57.2 Å². The predicted octanol–water partition coefficient (Wildman–Crippen LogP) is 8.40. The molecule has 0 aliphatic heterocycles. The van der Waals surface area contributed by atoms with E-state index in [0.717, 1.165) is 23.5 Å². The summed E-state index contributed by atoms with van der Waals surface area (Å²) >= 11 is 1.42. The standard InChI is InChI=1S/C29H43NO5S/c1-5-6-7-8-9-10-11-15-19-24-22-25(27(31)35-29(2,3)4)26(36-24)30-28(32)34-21-16-20-33-23-17-13-12-14-18-23/h12-14,17-18,22H,5-11,15-16,19-21H2,1-4H3,(H,30,32). The van der Waals surface area contributed by atoms with Crippen molar-refractivity contribution in [3.8, 4) is 5.75 Å². The van der Waals surface area contributed by atoms with Gasteiger partial charge in [0.1, 0.15) is 16.4 Å². The Morgan fingerprint density at radius 3 is 2.22 bits per heavy atom. The molecule has 7 heteroatoms. The number of aryl methyl sites for hydroxylation is 1. The normalized spacial score (nSPS) is 11.2. The molecule has 0 unspecified atom stereocenters. The first kappa shape index (κ1) is 29.7. The molecule has 0 aliphatic carbocycles. The minimum Gasteiger partial charge on any atom is -0.493 e. The van der Waals surface area contributed by atoms with Gasteiger partial charge in [0.25, 0.3) is 0 Å². The van der Waals surface area contributed by atoms with Gasteiger partial charge in [-0.1, -0.05) is 70.1 Å². The maximum Gasteiger partial charge on any atom is 0.412 e. The first-order chi connectivity index (χ1) is 17.3. The fraction of sp³-hybridized carbons (Fsp3) is 0.586. The maximum atomic E-state index is 12.8. The van der Waals surface area contributed by atoms with Gasteiger partial charge in [0.2, 0.25) is 0 Å². The van der Waals surface area contributed by atoms with Crippen molar-refractivity contribution in [3.05, 3.63) is 46.8 Å². The zero-order valence-corrected chi connectivity index (χ0v) is 23.2. The summed E-state index contributed by atoms with van der Waals surface area (Å²) in [7, 11) is 0. The van der Waals surface area contributed by atoms with E-state index in [4.69, 9.17) is 14.2 Å². The minimum absolute atomic E-state index is 0.219. The predicted molar refractivity (Wildman–Crippen MR) is 147 cm³/mol. The van der Waals surface area contributed by atoms with Gasteiger partial charge in [0.05, 0.1) is 18.8 Å². The Labute approximate surface area is 220 Å². The van der Waals surface area contributed by atoms with Gasteiger partial charge < -0.3 is 14.2 Å². The van der Waals surface area contributed by atoms with E-state index in [-0.39, 0.29) is 6.61 Å². The Balaban J connectivity index is 1.83. The quantitative estimate of drug-likeness (QED) is 0.179. The smallest absolute Gasteiger partial charge is 0.412 e. The van der Waals surface area contributed by atoms with Crippen LogP contribution in [-0.2, 0) is 15.9 Å². The van der Waals surface area contributed by atoms with Gasteiger partial charge in [-0.25, -0.2) is 9.59 Å². The third-order valence-corrected chi connectivity index (χ3v) is 6.54. The van der Waals surface area contributed by atoms with Gasteiger partial charge in [-0.2, -0.15) is 0 Å². The van der Waals surface area contributed by atoms with E-state index >= 15 is 0 Å². The number of rotatable bonds is 16. The molecular formula is C29H43NO5S. The maximum absolute atomic E-state index is 12.8. The molecule has 0 saturated carbocycles. The van der Waals surface area contributed by atoms with Crippen LogP contribution in [0, 0.1) is 0 Å². The molecule has 200 valence electrons. The first-order valence-corrected chi connectivity index (χ1v) is 14.1. The van der Waals surface area contributed by atoms with Crippen LogP contribution in [0.2, 0.25) is 0 Å². The number of hydrogen-bond acceptors (Lipinski definition) is 6. The number of unbranched alkanes of at least 4 members (excludes halogenated alkanes) is 7. The van der Waals surface area contributed by atoms with Gasteiger partial charge >= 0.3 is 12.1 Å². The SMILES string of the molecule is CCCCCCCCCCc1cc(C(=O)OC(C)(C)C)c(NC(=O)OCCCOc2ccccc2)s1. The number of ether oxygens (including phenoxy) is 3. The largest absolute Gasteiger partial charge is 0.493 e. The van der Waals surface area contributed by atoms with Gasteiger partial charge in [0, 0.05) is 11.3 Å². The lowest BCUT2D eigenvalue weighted by atomic mass is 10.1. The Morgan fingerprint density at radius 1 is 0.889 bits per heavy atom. The second-order valence-electron chi connectivity index (χ2n) is 9.96. The zero-order chi connectivity index (χ0) is 26.2. The second kappa shape index (κ2) is 16.3. The number of nitrogens with one attached hydrogen (secondary N) is 1. The molecule has 0 spiro atoms. The average molecular weight is 518 g/mol. The molecule has 6 nitrogen and oxygen atoms in total. The molecule has 0 atom stereocenters. The lowest BCUT2D eigenvalue weighted by Gasteiger charge is -2.19. The number of thiophene rings is 1. The molecule has 36 heavy (non-hydrogen) atoms. The fourth-order valence-corrected chi connectivity index (χ4v) is 4.71. The molecule has 0 aliphatic rings. The number of benzene rings is 1. The van der Waals surface area contributed by atoms with Crippen LogP contribution in [0.1, 0.15) is 101 Å². The number of carbonyl (C=O) groups excluding carboxylic acids is 2. The third kappa shape index (κ3) is 12.4. The van der Waals surface area contributed by atoms with Crippen LogP contribution in [0.3, 0.4) is 0 Å². The lowest BCUT2D eigenvalue weighted by molar-refractivity contribution is 0.00711. The number of hydrogen-bond donors (Lipinski definition) is 1. The van der Waals surface area contributed by atoms with Crippen molar-refractivity contribution in [3.63, 3.8) is 0 Å². The minimum atomic E-state index is -0.618. The molecular weight excluding hydrogens is 474 g/mol. The van der Waals surface area contributed by atoms with Crippen molar-refractivity contribution in [1.82, 2.24) is 0 Å². The summed E-state index contributed by atoms with van der Waals surface area (Å²) < 4.78 is 16.5. The second-order valence-corrected chi connectivity index (χ2v) is 11.1. The Kier molecular flexibility index (Phi) is 13.4. The Hall–Kier alpha value is -2.54. The fourth-order valence-electron chi connectivity index (χ4n) is 3.64. The highest BCUT2D eigenvalue weighted by Gasteiger charge is 2.24. The number of esters is 1. The van der Waals surface area contributed by atoms with Gasteiger partial charge in [-0.15, -0.1) is 11.3 Å². The summed E-state index contributed by atoms with van der Waals surface area (Å²) in [6.45, 7) is 8.39. The molecule has 1 aromatic heterocycles. The van der Waals surface area contributed by atoms with Crippen molar-refractivity contribution in [2.45, 2.75) is 97.5 Å². The van der Waals surface area contributed by atoms with Crippen molar-refractivity contribution < 1.29 is 23.8 Å². The van der Waals surface area contributed by atoms with Crippen molar-refractivity contribution in [1.29, 1.82) is 0 Å². The number of para-hydroxylation sites is 1. The Morgan fingerprint density at radius 2 is 1.56 bits per heavy atom. The summed E-state index contributed by atoms with van der Waals surface area (Å²) in [5, 5.41) is 3.23. The summed E-state index contributed by atoms with van der Waals surface area (Å²) in [5.41, 5.74) is -0.234. The number of carbonyl (C=O) groups is 2. The van der Waals surface area contributed by atoms with Crippen molar-refractivity contribution in [2.75, 3.05) is 18.5 Å². The summed E-state index contributed by atoms with van der Waals surface area (Å²) in [4.78, 5) is 26.3. The summed E-state index contributed by atoms with van der Waals surface area (Å²) in [6.07, 6.45) is 10.8. The van der Waals surface area contributed by atoms with Crippen LogP contribution in [-0.4, -0.2) is 30.9 Å². The van der Waals surface area contributed by atoms with E-state index in [1.165, 1.54) is 56.3 Å². The summed E-state index contributed by atoms with van der Waals surface area (Å²) in [6, 6.07) is 11.4. The van der Waals surface area contributed by atoms with Crippen LogP contribution in [0.5, 0.6) is 5.75 Å². The van der Waals surface area contributed by atoms with E-state index in [2.05, 4.69) is 12.2 Å². The highest BCUT2D eigenvalue weighted by molar-refractivity contribution is 7.16. The Bertz CT molecular complexity index is 904. The zero-order valence-electron chi connectivity index (χ0n) is 22.4. The monoisotopic (exact) mass is 517 g/mol. The molecule has 1 aromatic carbocycles. The van der Waals surface area contributed by atoms with E-state index in [9.17, 15) is 9.59 Å². The van der Waals surface area contributed by atoms with Crippen LogP contribution in [0.25, 0.3) is 0 Å². The van der Waals surface area contributed by atoms with E-state index in [1.54, 1.807) is 0 Å². The highest BCUT2D eigenvalue weighted by Crippen LogP contribution is 2.31. The van der Waals surface area contributed by atoms with Crippen LogP contribution >= 0.6 is 11.3 Å². The molecule has 0 radical (unpaired) electrons. The van der Waals surface area contributed by atoms with Gasteiger partial charge in [-0.05, 0) is 51.8 Å². The highest BCUT2D eigenvalue weighted by atomic mass is 32.1. The average Bonchev–Trinajstić information content (AvgIpc) is 3.22. The van der Waals surface area contributed by atoms with Gasteiger partial charge in [-0.3, -0.25) is 5.32 Å². The molecule has 0 fully saturated rings. The molecule has 1 amide bonds. The third-order valence-electron chi connectivity index (χ3n) is 5.43. The topological polar surface area (TPSA) is 73.9 Å². The van der Waals surface area contributed by atoms with Gasteiger partial charge in [0.15, 0.2) is 0 Å². The van der Waals surface area contributed by atoms with Crippen LogP contribution in [0.15, 0.2) is 36.4 Å². The molecule has 2 aromatic rings. The molecule has 1 heterocycles. The van der Waals surface area contributed by atoms with Crippen molar-refractivity contribution in [2.24, 2.45) is 0 Å². The van der Waals surface area contributed by atoms with E-state index in [0.29, 0.717) is 23.6 Å². The molecule has 0 saturated heterocycles. The van der Waals surface area contributed by atoms with Crippen molar-refractivity contribution >= 4 is 28.4 Å². The number of amides is 1. The molecule has 2 rings (SSSR count). The molecule has 1 N–H and O–H groups in total.